The molecule has 8 heteroatoms. The predicted molar refractivity (Wildman–Crippen MR) is 119 cm³/mol. The smallest absolute Gasteiger partial charge is 0.269 e. The fourth-order valence-corrected chi connectivity index (χ4v) is 3.07. The lowest BCUT2D eigenvalue weighted by atomic mass is 10.1. The van der Waals surface area contributed by atoms with E-state index in [-0.39, 0.29) is 29.7 Å². The Bertz CT molecular complexity index is 784. The Morgan fingerprint density at radius 1 is 1.19 bits per heavy atom. The molecule has 0 saturated carbocycles. The standard InChI is InChI=1S/C18H22N4O2S.HI/c1-13-7-8-15(17(9-13)25-3)12-21-18(19-2)20-11-14-5-4-6-16(10-14)22(23)24;/h4-10H,11-12H2,1-3H3,(H2,19,20,21);1H. The van der Waals surface area contributed by atoms with Crippen LogP contribution >= 0.6 is 35.7 Å². The number of halogens is 1. The van der Waals surface area contributed by atoms with Crippen LogP contribution in [0.2, 0.25) is 0 Å². The molecule has 0 aliphatic heterocycles. The molecule has 6 nitrogen and oxygen atoms in total. The minimum atomic E-state index is -0.391. The highest BCUT2D eigenvalue weighted by Crippen LogP contribution is 2.21. The Labute approximate surface area is 175 Å². The van der Waals surface area contributed by atoms with Crippen molar-refractivity contribution in [3.63, 3.8) is 0 Å². The van der Waals surface area contributed by atoms with Crippen molar-refractivity contribution in [3.05, 3.63) is 69.3 Å². The largest absolute Gasteiger partial charge is 0.352 e. The van der Waals surface area contributed by atoms with E-state index in [0.717, 1.165) is 5.56 Å². The van der Waals surface area contributed by atoms with E-state index in [9.17, 15) is 10.1 Å². The molecule has 0 fully saturated rings. The molecule has 0 amide bonds. The Hall–Kier alpha value is -1.81. The molecule has 26 heavy (non-hydrogen) atoms. The first kappa shape index (κ1) is 22.2. The highest BCUT2D eigenvalue weighted by Gasteiger charge is 2.07. The van der Waals surface area contributed by atoms with Crippen molar-refractivity contribution >= 4 is 47.4 Å². The van der Waals surface area contributed by atoms with Gasteiger partial charge in [-0.05, 0) is 35.9 Å². The number of nitro benzene ring substituents is 1. The normalized spacial score (nSPS) is 10.8. The number of thioether (sulfide) groups is 1. The summed E-state index contributed by atoms with van der Waals surface area (Å²) in [5.41, 5.74) is 3.36. The van der Waals surface area contributed by atoms with E-state index in [2.05, 4.69) is 47.0 Å². The van der Waals surface area contributed by atoms with E-state index in [1.807, 2.05) is 6.07 Å². The molecule has 0 aromatic heterocycles. The van der Waals surface area contributed by atoms with Crippen LogP contribution in [0.5, 0.6) is 0 Å². The summed E-state index contributed by atoms with van der Waals surface area (Å²) in [6.45, 7) is 3.20. The van der Waals surface area contributed by atoms with E-state index in [1.165, 1.54) is 22.1 Å². The third kappa shape index (κ3) is 6.49. The highest BCUT2D eigenvalue weighted by molar-refractivity contribution is 14.0. The first-order valence-electron chi connectivity index (χ1n) is 7.85. The Balaban J connectivity index is 0.00000338. The minimum Gasteiger partial charge on any atom is -0.352 e. The molecular formula is C18H23IN4O2S. The SMILES string of the molecule is CN=C(NCc1cccc([N+](=O)[O-])c1)NCc1ccc(C)cc1SC.I. The number of nitro groups is 1. The number of hydrogen-bond acceptors (Lipinski definition) is 4. The van der Waals surface area contributed by atoms with Crippen LogP contribution in [0, 0.1) is 17.0 Å². The average molecular weight is 486 g/mol. The summed E-state index contributed by atoms with van der Waals surface area (Å²) in [7, 11) is 1.70. The van der Waals surface area contributed by atoms with E-state index in [0.29, 0.717) is 19.0 Å². The number of aryl methyl sites for hydroxylation is 1. The molecule has 0 atom stereocenters. The molecular weight excluding hydrogens is 463 g/mol. The number of benzene rings is 2. The Morgan fingerprint density at radius 3 is 2.58 bits per heavy atom. The summed E-state index contributed by atoms with van der Waals surface area (Å²) >= 11 is 1.72. The lowest BCUT2D eigenvalue weighted by Gasteiger charge is -2.14. The van der Waals surface area contributed by atoms with Crippen LogP contribution in [0.25, 0.3) is 0 Å². The van der Waals surface area contributed by atoms with E-state index in [4.69, 9.17) is 0 Å². The summed E-state index contributed by atoms with van der Waals surface area (Å²) in [5, 5.41) is 17.3. The number of nitrogens with one attached hydrogen (secondary N) is 2. The number of guanidine groups is 1. The van der Waals surface area contributed by atoms with Gasteiger partial charge in [0.15, 0.2) is 5.96 Å². The molecule has 2 rings (SSSR count). The molecule has 0 unspecified atom stereocenters. The first-order valence-corrected chi connectivity index (χ1v) is 9.07. The molecule has 2 aromatic carbocycles. The molecule has 0 radical (unpaired) electrons. The third-order valence-electron chi connectivity index (χ3n) is 3.69. The first-order chi connectivity index (χ1) is 12.0. The molecule has 140 valence electrons. The second kappa shape index (κ2) is 11.0. The lowest BCUT2D eigenvalue weighted by molar-refractivity contribution is -0.384. The number of rotatable bonds is 6. The van der Waals surface area contributed by atoms with E-state index >= 15 is 0 Å². The summed E-state index contributed by atoms with van der Waals surface area (Å²) in [4.78, 5) is 15.9. The number of aliphatic imine (C=N–C) groups is 1. The lowest BCUT2D eigenvalue weighted by Crippen LogP contribution is -2.36. The van der Waals surface area contributed by atoms with Gasteiger partial charge in [-0.3, -0.25) is 15.1 Å². The summed E-state index contributed by atoms with van der Waals surface area (Å²) in [6, 6.07) is 12.9. The van der Waals surface area contributed by atoms with Gasteiger partial charge in [0.05, 0.1) is 4.92 Å². The van der Waals surface area contributed by atoms with Gasteiger partial charge < -0.3 is 10.6 Å². The van der Waals surface area contributed by atoms with Gasteiger partial charge in [0, 0.05) is 37.2 Å². The summed E-state index contributed by atoms with van der Waals surface area (Å²) in [6.07, 6.45) is 2.06. The van der Waals surface area contributed by atoms with Crippen LogP contribution in [0.3, 0.4) is 0 Å². The average Bonchev–Trinajstić information content (AvgIpc) is 2.62. The van der Waals surface area contributed by atoms with Gasteiger partial charge >= 0.3 is 0 Å². The van der Waals surface area contributed by atoms with Gasteiger partial charge in [0.1, 0.15) is 0 Å². The van der Waals surface area contributed by atoms with Gasteiger partial charge in [-0.15, -0.1) is 35.7 Å². The number of non-ortho nitro benzene ring substituents is 1. The zero-order valence-corrected chi connectivity index (χ0v) is 18.1. The molecule has 0 spiro atoms. The van der Waals surface area contributed by atoms with Crippen LogP contribution in [-0.4, -0.2) is 24.2 Å². The van der Waals surface area contributed by atoms with Crippen LogP contribution in [0.4, 0.5) is 5.69 Å². The Morgan fingerprint density at radius 2 is 1.92 bits per heavy atom. The molecule has 0 saturated heterocycles. The summed E-state index contributed by atoms with van der Waals surface area (Å²) in [5.74, 6) is 0.652. The maximum atomic E-state index is 10.8. The zero-order valence-electron chi connectivity index (χ0n) is 15.0. The zero-order chi connectivity index (χ0) is 18.2. The number of nitrogens with zero attached hydrogens (tertiary/aromatic N) is 2. The van der Waals surface area contributed by atoms with Crippen molar-refractivity contribution in [1.82, 2.24) is 10.6 Å². The fraction of sp³-hybridized carbons (Fsp3) is 0.278. The van der Waals surface area contributed by atoms with Crippen molar-refractivity contribution in [2.75, 3.05) is 13.3 Å². The van der Waals surface area contributed by atoms with Gasteiger partial charge in [-0.1, -0.05) is 24.3 Å². The maximum absolute atomic E-state index is 10.8. The second-order valence-electron chi connectivity index (χ2n) is 5.52. The van der Waals surface area contributed by atoms with Crippen molar-refractivity contribution in [3.8, 4) is 0 Å². The fourth-order valence-electron chi connectivity index (χ4n) is 2.36. The highest BCUT2D eigenvalue weighted by atomic mass is 127. The molecule has 0 aliphatic rings. The van der Waals surface area contributed by atoms with E-state index in [1.54, 1.807) is 30.9 Å². The van der Waals surface area contributed by atoms with Crippen molar-refractivity contribution in [2.45, 2.75) is 24.9 Å². The second-order valence-corrected chi connectivity index (χ2v) is 6.37. The topological polar surface area (TPSA) is 79.6 Å². The molecule has 0 aliphatic carbocycles. The van der Waals surface area contributed by atoms with Crippen LogP contribution in [0.15, 0.2) is 52.4 Å². The predicted octanol–water partition coefficient (Wildman–Crippen LogP) is 4.11. The van der Waals surface area contributed by atoms with Crippen LogP contribution < -0.4 is 10.6 Å². The van der Waals surface area contributed by atoms with Crippen molar-refractivity contribution in [2.24, 2.45) is 4.99 Å². The Kier molecular flexibility index (Phi) is 9.42. The monoisotopic (exact) mass is 486 g/mol. The molecule has 2 aromatic rings. The van der Waals surface area contributed by atoms with E-state index < -0.39 is 4.92 Å². The van der Waals surface area contributed by atoms with Gasteiger partial charge in [-0.2, -0.15) is 0 Å². The molecule has 2 N–H and O–H groups in total. The number of hydrogen-bond donors (Lipinski definition) is 2. The maximum Gasteiger partial charge on any atom is 0.269 e. The van der Waals surface area contributed by atoms with Gasteiger partial charge in [-0.25, -0.2) is 0 Å². The molecule has 0 bridgehead atoms. The van der Waals surface area contributed by atoms with Crippen LogP contribution in [0.1, 0.15) is 16.7 Å². The van der Waals surface area contributed by atoms with Gasteiger partial charge in [0.25, 0.3) is 5.69 Å². The van der Waals surface area contributed by atoms with Crippen molar-refractivity contribution in [1.29, 1.82) is 0 Å². The molecule has 0 heterocycles. The third-order valence-corrected chi connectivity index (χ3v) is 4.51. The quantitative estimate of drug-likeness (QED) is 0.161. The van der Waals surface area contributed by atoms with Crippen molar-refractivity contribution < 1.29 is 4.92 Å². The van der Waals surface area contributed by atoms with Crippen LogP contribution in [-0.2, 0) is 13.1 Å². The summed E-state index contributed by atoms with van der Waals surface area (Å²) < 4.78 is 0. The van der Waals surface area contributed by atoms with Gasteiger partial charge in [0.2, 0.25) is 0 Å². The minimum absolute atomic E-state index is 0.